The number of hydrogen-bond acceptors (Lipinski definition) is 6. The van der Waals surface area contributed by atoms with Crippen molar-refractivity contribution >= 4 is 21.4 Å². The van der Waals surface area contributed by atoms with E-state index in [1.807, 2.05) is 0 Å². The van der Waals surface area contributed by atoms with E-state index in [1.165, 1.54) is 13.3 Å². The lowest BCUT2D eigenvalue weighted by Crippen LogP contribution is -2.27. The fraction of sp³-hybridized carbons (Fsp3) is 0.333. The average Bonchev–Trinajstić information content (AvgIpc) is 2.87. The molecule has 1 fully saturated rings. The van der Waals surface area contributed by atoms with Crippen molar-refractivity contribution in [1.29, 1.82) is 5.26 Å². The van der Waals surface area contributed by atoms with Gasteiger partial charge in [-0.1, -0.05) is 12.1 Å². The number of sulfone groups is 1. The molecule has 2 N–H and O–H groups in total. The normalized spacial score (nSPS) is 19.7. The van der Waals surface area contributed by atoms with Gasteiger partial charge in [-0.2, -0.15) is 5.26 Å². The number of para-hydroxylation sites is 2. The number of carbonyl (C=O) groups excluding carboxylic acids is 1. The van der Waals surface area contributed by atoms with Crippen LogP contribution in [-0.2, 0) is 14.6 Å². The van der Waals surface area contributed by atoms with E-state index in [0.29, 0.717) is 17.9 Å². The van der Waals surface area contributed by atoms with Crippen molar-refractivity contribution in [3.05, 3.63) is 36.0 Å². The van der Waals surface area contributed by atoms with Gasteiger partial charge in [0.05, 0.1) is 24.3 Å². The number of nitrogens with zero attached hydrogens (tertiary/aromatic N) is 1. The molecule has 0 radical (unpaired) electrons. The van der Waals surface area contributed by atoms with E-state index < -0.39 is 15.7 Å². The number of amides is 1. The van der Waals surface area contributed by atoms with Gasteiger partial charge >= 0.3 is 0 Å². The second-order valence-electron chi connectivity index (χ2n) is 5.09. The number of nitriles is 1. The lowest BCUT2D eigenvalue weighted by atomic mass is 10.2. The summed E-state index contributed by atoms with van der Waals surface area (Å²) in [6.45, 7) is 0. The Morgan fingerprint density at radius 2 is 2.17 bits per heavy atom. The van der Waals surface area contributed by atoms with Gasteiger partial charge in [0.2, 0.25) is 0 Å². The van der Waals surface area contributed by atoms with Crippen molar-refractivity contribution in [1.82, 2.24) is 5.32 Å². The SMILES string of the molecule is COc1ccccc1NC(=O)/C(C#N)=C\NC1CCS(=O)(=O)C1. The molecule has 23 heavy (non-hydrogen) atoms. The monoisotopic (exact) mass is 335 g/mol. The Morgan fingerprint density at radius 1 is 1.43 bits per heavy atom. The molecular weight excluding hydrogens is 318 g/mol. The minimum absolute atomic E-state index is 0.0103. The van der Waals surface area contributed by atoms with Gasteiger partial charge in [0.1, 0.15) is 17.4 Å². The zero-order chi connectivity index (χ0) is 16.9. The maximum absolute atomic E-state index is 12.1. The van der Waals surface area contributed by atoms with Crippen molar-refractivity contribution < 1.29 is 17.9 Å². The molecule has 8 heteroatoms. The Hall–Kier alpha value is -2.53. The quantitative estimate of drug-likeness (QED) is 0.609. The first-order chi connectivity index (χ1) is 10.9. The molecule has 1 amide bonds. The summed E-state index contributed by atoms with van der Waals surface area (Å²) in [4.78, 5) is 12.1. The fourth-order valence-electron chi connectivity index (χ4n) is 2.21. The summed E-state index contributed by atoms with van der Waals surface area (Å²) in [5.74, 6) is 0.0165. The smallest absolute Gasteiger partial charge is 0.267 e. The van der Waals surface area contributed by atoms with Gasteiger partial charge in [0.25, 0.3) is 5.91 Å². The van der Waals surface area contributed by atoms with Crippen molar-refractivity contribution in [2.45, 2.75) is 12.5 Å². The number of rotatable bonds is 5. The third-order valence-corrected chi connectivity index (χ3v) is 5.18. The summed E-state index contributed by atoms with van der Waals surface area (Å²) in [6.07, 6.45) is 1.72. The highest BCUT2D eigenvalue weighted by atomic mass is 32.2. The highest BCUT2D eigenvalue weighted by Gasteiger charge is 2.27. The summed E-state index contributed by atoms with van der Waals surface area (Å²) in [6, 6.07) is 8.36. The van der Waals surface area contributed by atoms with Crippen molar-refractivity contribution in [3.63, 3.8) is 0 Å². The number of methoxy groups -OCH3 is 1. The molecule has 0 spiro atoms. The Labute approximate surface area is 134 Å². The number of ether oxygens (including phenoxy) is 1. The van der Waals surface area contributed by atoms with E-state index in [-0.39, 0.29) is 23.1 Å². The predicted octanol–water partition coefficient (Wildman–Crippen LogP) is 0.818. The average molecular weight is 335 g/mol. The Balaban J connectivity index is 2.04. The van der Waals surface area contributed by atoms with Crippen molar-refractivity contribution in [2.75, 3.05) is 23.9 Å². The zero-order valence-corrected chi connectivity index (χ0v) is 13.4. The lowest BCUT2D eigenvalue weighted by Gasteiger charge is -2.10. The molecule has 1 saturated heterocycles. The number of nitrogens with one attached hydrogen (secondary N) is 2. The van der Waals surface area contributed by atoms with Crippen molar-refractivity contribution in [2.24, 2.45) is 0 Å². The largest absolute Gasteiger partial charge is 0.495 e. The summed E-state index contributed by atoms with van der Waals surface area (Å²) in [7, 11) is -1.54. The summed E-state index contributed by atoms with van der Waals surface area (Å²) in [5.41, 5.74) is 0.310. The molecule has 1 aliphatic heterocycles. The van der Waals surface area contributed by atoms with Crippen LogP contribution in [-0.4, -0.2) is 39.0 Å². The minimum atomic E-state index is -3.02. The molecule has 0 saturated carbocycles. The van der Waals surface area contributed by atoms with E-state index in [2.05, 4.69) is 10.6 Å². The summed E-state index contributed by atoms with van der Waals surface area (Å²) < 4.78 is 27.9. The standard InChI is InChI=1S/C15H17N3O4S/c1-22-14-5-3-2-4-13(14)18-15(19)11(8-16)9-17-12-6-7-23(20,21)10-12/h2-5,9,12,17H,6-7,10H2,1H3,(H,18,19)/b11-9-. The van der Waals surface area contributed by atoms with E-state index in [1.54, 1.807) is 30.3 Å². The maximum Gasteiger partial charge on any atom is 0.267 e. The molecule has 7 nitrogen and oxygen atoms in total. The molecule has 0 aliphatic carbocycles. The van der Waals surface area contributed by atoms with Crippen LogP contribution in [0.5, 0.6) is 5.75 Å². The number of anilines is 1. The molecule has 2 rings (SSSR count). The molecule has 1 heterocycles. The van der Waals surface area contributed by atoms with Gasteiger partial charge in [0, 0.05) is 12.2 Å². The molecular formula is C15H17N3O4S. The number of benzene rings is 1. The second kappa shape index (κ2) is 7.15. The van der Waals surface area contributed by atoms with E-state index in [0.717, 1.165) is 0 Å². The summed E-state index contributed by atoms with van der Waals surface area (Å²) >= 11 is 0. The van der Waals surface area contributed by atoms with Crippen LogP contribution in [0.4, 0.5) is 5.69 Å². The molecule has 0 aromatic heterocycles. The van der Waals surface area contributed by atoms with Crippen LogP contribution < -0.4 is 15.4 Å². The second-order valence-corrected chi connectivity index (χ2v) is 7.32. The predicted molar refractivity (Wildman–Crippen MR) is 85.5 cm³/mol. The van der Waals surface area contributed by atoms with Crippen molar-refractivity contribution in [3.8, 4) is 11.8 Å². The van der Waals surface area contributed by atoms with E-state index in [4.69, 9.17) is 10.00 Å². The minimum Gasteiger partial charge on any atom is -0.495 e. The van der Waals surface area contributed by atoms with E-state index in [9.17, 15) is 13.2 Å². The molecule has 1 aliphatic rings. The van der Waals surface area contributed by atoms with Gasteiger partial charge in [-0.25, -0.2) is 8.42 Å². The van der Waals surface area contributed by atoms with Gasteiger partial charge in [-0.05, 0) is 18.6 Å². The topological polar surface area (TPSA) is 108 Å². The number of carbonyl (C=O) groups is 1. The lowest BCUT2D eigenvalue weighted by molar-refractivity contribution is -0.112. The molecule has 1 atom stereocenters. The van der Waals surface area contributed by atoms with Crippen LogP contribution in [0.2, 0.25) is 0 Å². The fourth-order valence-corrected chi connectivity index (χ4v) is 3.90. The summed E-state index contributed by atoms with van der Waals surface area (Å²) in [5, 5.41) is 14.5. The Bertz CT molecular complexity index is 765. The Kier molecular flexibility index (Phi) is 5.24. The van der Waals surface area contributed by atoms with Gasteiger partial charge in [-0.3, -0.25) is 4.79 Å². The van der Waals surface area contributed by atoms with Crippen LogP contribution in [0.25, 0.3) is 0 Å². The van der Waals surface area contributed by atoms with Gasteiger partial charge in [-0.15, -0.1) is 0 Å². The Morgan fingerprint density at radius 3 is 2.78 bits per heavy atom. The number of hydrogen-bond donors (Lipinski definition) is 2. The third-order valence-electron chi connectivity index (χ3n) is 3.42. The van der Waals surface area contributed by atoms with Crippen LogP contribution >= 0.6 is 0 Å². The maximum atomic E-state index is 12.1. The van der Waals surface area contributed by atoms with Crippen LogP contribution in [0.1, 0.15) is 6.42 Å². The molecule has 1 aromatic rings. The highest BCUT2D eigenvalue weighted by molar-refractivity contribution is 7.91. The first-order valence-electron chi connectivity index (χ1n) is 6.96. The highest BCUT2D eigenvalue weighted by Crippen LogP contribution is 2.23. The van der Waals surface area contributed by atoms with E-state index >= 15 is 0 Å². The van der Waals surface area contributed by atoms with Crippen LogP contribution in [0, 0.1) is 11.3 Å². The first kappa shape index (κ1) is 16.8. The molecule has 1 aromatic carbocycles. The zero-order valence-electron chi connectivity index (χ0n) is 12.6. The van der Waals surface area contributed by atoms with Gasteiger partial charge in [0.15, 0.2) is 9.84 Å². The van der Waals surface area contributed by atoms with Crippen LogP contribution in [0.15, 0.2) is 36.0 Å². The molecule has 122 valence electrons. The molecule has 0 bridgehead atoms. The third kappa shape index (κ3) is 4.47. The molecule has 1 unspecified atom stereocenters. The first-order valence-corrected chi connectivity index (χ1v) is 8.78. The van der Waals surface area contributed by atoms with Gasteiger partial charge < -0.3 is 15.4 Å². The van der Waals surface area contributed by atoms with Crippen LogP contribution in [0.3, 0.4) is 0 Å².